The average Bonchev–Trinajstić information content (AvgIpc) is 2.81. The number of benzene rings is 2. The van der Waals surface area contributed by atoms with Gasteiger partial charge in [0.2, 0.25) is 0 Å². The van der Waals surface area contributed by atoms with Gasteiger partial charge < -0.3 is 19.7 Å². The van der Waals surface area contributed by atoms with Crippen molar-refractivity contribution in [2.45, 2.75) is 12.6 Å². The molecule has 0 saturated carbocycles. The molecule has 1 unspecified atom stereocenters. The first-order valence-electron chi connectivity index (χ1n) is 8.29. The van der Waals surface area contributed by atoms with Crippen molar-refractivity contribution in [2.24, 2.45) is 0 Å². The normalized spacial score (nSPS) is 15.5. The maximum Gasteiger partial charge on any atom is 0.335 e. The van der Waals surface area contributed by atoms with Gasteiger partial charge >= 0.3 is 5.97 Å². The average molecular weight is 361 g/mol. The zero-order valence-corrected chi connectivity index (χ0v) is 14.1. The molecule has 2 aromatic rings. The number of β-amino-alcohol motifs (C(OH)–C–C–N with tert-alkyl or cyclic N) is 1. The van der Waals surface area contributed by atoms with Crippen LogP contribution in [0.3, 0.4) is 0 Å². The number of rotatable bonds is 6. The Kier molecular flexibility index (Phi) is 5.70. The summed E-state index contributed by atoms with van der Waals surface area (Å²) in [7, 11) is 0. The van der Waals surface area contributed by atoms with Gasteiger partial charge in [-0.3, -0.25) is 4.90 Å². The van der Waals surface area contributed by atoms with Crippen LogP contribution in [0.5, 0.6) is 11.5 Å². The second-order valence-electron chi connectivity index (χ2n) is 6.13. The fourth-order valence-corrected chi connectivity index (χ4v) is 2.79. The van der Waals surface area contributed by atoms with Crippen LogP contribution >= 0.6 is 0 Å². The quantitative estimate of drug-likeness (QED) is 0.821. The van der Waals surface area contributed by atoms with Gasteiger partial charge in [0.15, 0.2) is 0 Å². The Morgan fingerprint density at radius 3 is 2.77 bits per heavy atom. The van der Waals surface area contributed by atoms with Crippen molar-refractivity contribution < 1.29 is 28.9 Å². The number of aromatic carboxylic acids is 1. The number of carboxylic acids is 1. The monoisotopic (exact) mass is 361 g/mol. The summed E-state index contributed by atoms with van der Waals surface area (Å²) >= 11 is 0. The lowest BCUT2D eigenvalue weighted by Gasteiger charge is -2.22. The largest absolute Gasteiger partial charge is 0.492 e. The third kappa shape index (κ3) is 4.71. The van der Waals surface area contributed by atoms with E-state index < -0.39 is 12.1 Å². The van der Waals surface area contributed by atoms with E-state index in [-0.39, 0.29) is 18.0 Å². The number of ether oxygens (including phenoxy) is 2. The lowest BCUT2D eigenvalue weighted by Crippen LogP contribution is -2.36. The molecule has 0 amide bonds. The fraction of sp³-hybridized carbons (Fsp3) is 0.316. The van der Waals surface area contributed by atoms with E-state index in [1.54, 1.807) is 18.2 Å². The molecule has 3 rings (SSSR count). The molecule has 6 nitrogen and oxygen atoms in total. The predicted octanol–water partition coefficient (Wildman–Crippen LogP) is 2.16. The maximum absolute atomic E-state index is 13.3. The molecule has 7 heteroatoms. The molecule has 26 heavy (non-hydrogen) atoms. The van der Waals surface area contributed by atoms with Crippen molar-refractivity contribution >= 4 is 5.97 Å². The molecule has 1 aliphatic rings. The highest BCUT2D eigenvalue weighted by Gasteiger charge is 2.19. The Morgan fingerprint density at radius 2 is 2.04 bits per heavy atom. The number of aliphatic hydroxyl groups excluding tert-OH is 1. The van der Waals surface area contributed by atoms with Gasteiger partial charge in [-0.25, -0.2) is 9.18 Å². The van der Waals surface area contributed by atoms with Crippen LogP contribution in [0, 0.1) is 5.82 Å². The van der Waals surface area contributed by atoms with Crippen LogP contribution in [-0.2, 0) is 6.54 Å². The molecule has 0 radical (unpaired) electrons. The summed E-state index contributed by atoms with van der Waals surface area (Å²) in [6, 6.07) is 10.5. The van der Waals surface area contributed by atoms with Crippen molar-refractivity contribution in [3.05, 3.63) is 59.4 Å². The van der Waals surface area contributed by atoms with Gasteiger partial charge in [-0.15, -0.1) is 0 Å². The highest BCUT2D eigenvalue weighted by Crippen LogP contribution is 2.24. The molecule has 2 N–H and O–H groups in total. The number of aliphatic hydroxyl groups is 1. The number of nitrogens with zero attached hydrogens (tertiary/aromatic N) is 1. The first-order chi connectivity index (χ1) is 12.5. The van der Waals surface area contributed by atoms with E-state index in [1.807, 2.05) is 4.90 Å². The second kappa shape index (κ2) is 8.16. The topological polar surface area (TPSA) is 79.2 Å². The standard InChI is InChI=1S/C19H20FNO5/c20-15-4-1-14-10-21(7-8-25-18(14)9-15)11-16(22)12-26-17-5-2-13(3-6-17)19(23)24/h1-6,9,16,22H,7-8,10-12H2,(H,23,24). The van der Waals surface area contributed by atoms with Crippen molar-refractivity contribution in [3.8, 4) is 11.5 Å². The van der Waals surface area contributed by atoms with Gasteiger partial charge in [-0.2, -0.15) is 0 Å². The molecule has 0 bridgehead atoms. The minimum Gasteiger partial charge on any atom is -0.492 e. The molecule has 1 aliphatic heterocycles. The summed E-state index contributed by atoms with van der Waals surface area (Å²) < 4.78 is 24.4. The summed E-state index contributed by atoms with van der Waals surface area (Å²) in [4.78, 5) is 12.8. The number of halogens is 1. The van der Waals surface area contributed by atoms with Gasteiger partial charge in [-0.1, -0.05) is 6.07 Å². The first-order valence-corrected chi connectivity index (χ1v) is 8.29. The SMILES string of the molecule is O=C(O)c1ccc(OCC(O)CN2CCOc3cc(F)ccc3C2)cc1. The molecule has 2 aromatic carbocycles. The van der Waals surface area contributed by atoms with E-state index in [0.717, 1.165) is 5.56 Å². The first kappa shape index (κ1) is 18.2. The van der Waals surface area contributed by atoms with Crippen LogP contribution in [0.25, 0.3) is 0 Å². The van der Waals surface area contributed by atoms with Crippen molar-refractivity contribution in [3.63, 3.8) is 0 Å². The van der Waals surface area contributed by atoms with Gasteiger partial charge in [0.05, 0.1) is 5.56 Å². The lowest BCUT2D eigenvalue weighted by molar-refractivity contribution is 0.0635. The summed E-state index contributed by atoms with van der Waals surface area (Å²) in [5, 5.41) is 19.1. The van der Waals surface area contributed by atoms with Gasteiger partial charge in [-0.05, 0) is 30.3 Å². The Balaban J connectivity index is 1.52. The number of hydrogen-bond acceptors (Lipinski definition) is 5. The minimum absolute atomic E-state index is 0.0834. The predicted molar refractivity (Wildman–Crippen MR) is 92.1 cm³/mol. The number of carboxylic acid groups (broad SMARTS) is 1. The van der Waals surface area contributed by atoms with Crippen molar-refractivity contribution in [2.75, 3.05) is 26.3 Å². The summed E-state index contributed by atoms with van der Waals surface area (Å²) in [6.45, 7) is 2.05. The van der Waals surface area contributed by atoms with Gasteiger partial charge in [0, 0.05) is 31.3 Å². The molecule has 0 spiro atoms. The lowest BCUT2D eigenvalue weighted by atomic mass is 10.2. The number of fused-ring (bicyclic) bond motifs is 1. The van der Waals surface area contributed by atoms with E-state index in [9.17, 15) is 14.3 Å². The van der Waals surface area contributed by atoms with E-state index in [0.29, 0.717) is 37.7 Å². The van der Waals surface area contributed by atoms with Crippen molar-refractivity contribution in [1.82, 2.24) is 4.90 Å². The highest BCUT2D eigenvalue weighted by atomic mass is 19.1. The molecule has 1 heterocycles. The van der Waals surface area contributed by atoms with Gasteiger partial charge in [0.25, 0.3) is 0 Å². The molecule has 138 valence electrons. The summed E-state index contributed by atoms with van der Waals surface area (Å²) in [6.07, 6.45) is -0.726. The van der Waals surface area contributed by atoms with Crippen LogP contribution in [0.15, 0.2) is 42.5 Å². The number of hydrogen-bond donors (Lipinski definition) is 2. The second-order valence-corrected chi connectivity index (χ2v) is 6.13. The smallest absolute Gasteiger partial charge is 0.335 e. The molecule has 0 aliphatic carbocycles. The Morgan fingerprint density at radius 1 is 1.27 bits per heavy atom. The van der Waals surface area contributed by atoms with Crippen LogP contribution in [0.4, 0.5) is 4.39 Å². The fourth-order valence-electron chi connectivity index (χ4n) is 2.79. The third-order valence-corrected chi connectivity index (χ3v) is 4.10. The number of carbonyl (C=O) groups is 1. The van der Waals surface area contributed by atoms with E-state index >= 15 is 0 Å². The highest BCUT2D eigenvalue weighted by molar-refractivity contribution is 5.87. The van der Waals surface area contributed by atoms with Crippen LogP contribution in [-0.4, -0.2) is 53.5 Å². The molecular formula is C19H20FNO5. The van der Waals surface area contributed by atoms with Crippen LogP contribution in [0.2, 0.25) is 0 Å². The van der Waals surface area contributed by atoms with Crippen molar-refractivity contribution in [1.29, 1.82) is 0 Å². The molecule has 1 atom stereocenters. The summed E-state index contributed by atoms with van der Waals surface area (Å²) in [5.41, 5.74) is 1.05. The zero-order chi connectivity index (χ0) is 18.5. The Labute approximate surface area is 150 Å². The molecule has 0 aromatic heterocycles. The van der Waals surface area contributed by atoms with E-state index in [4.69, 9.17) is 14.6 Å². The molecule has 0 fully saturated rings. The Bertz CT molecular complexity index is 765. The zero-order valence-electron chi connectivity index (χ0n) is 14.1. The van der Waals surface area contributed by atoms with Gasteiger partial charge in [0.1, 0.15) is 36.6 Å². The molecule has 0 saturated heterocycles. The Hall–Kier alpha value is -2.64. The third-order valence-electron chi connectivity index (χ3n) is 4.10. The van der Waals surface area contributed by atoms with Crippen LogP contribution in [0.1, 0.15) is 15.9 Å². The maximum atomic E-state index is 13.3. The summed E-state index contributed by atoms with van der Waals surface area (Å²) in [5.74, 6) is -0.300. The van der Waals surface area contributed by atoms with E-state index in [1.165, 1.54) is 24.3 Å². The van der Waals surface area contributed by atoms with E-state index in [2.05, 4.69) is 0 Å². The van der Waals surface area contributed by atoms with Crippen LogP contribution < -0.4 is 9.47 Å². The molecular weight excluding hydrogens is 341 g/mol. The minimum atomic E-state index is -1.000.